The van der Waals surface area contributed by atoms with Gasteiger partial charge in [-0.05, 0) is 18.6 Å². The Labute approximate surface area is 122 Å². The molecule has 6 nitrogen and oxygen atoms in total. The molecule has 3 rings (SSSR count). The highest BCUT2D eigenvalue weighted by molar-refractivity contribution is 7.19. The van der Waals surface area contributed by atoms with Gasteiger partial charge in [0, 0.05) is 4.88 Å². The number of benzene rings is 1. The lowest BCUT2D eigenvalue weighted by molar-refractivity contribution is 0.0698. The Bertz CT molecular complexity index is 890. The number of carbonyl (C=O) groups is 1. The zero-order valence-corrected chi connectivity index (χ0v) is 11.7. The van der Waals surface area contributed by atoms with Crippen LogP contribution in [0.15, 0.2) is 39.9 Å². The lowest BCUT2D eigenvalue weighted by Gasteiger charge is -1.99. The summed E-state index contributed by atoms with van der Waals surface area (Å²) in [5.74, 6) is -1.12. The van der Waals surface area contributed by atoms with Gasteiger partial charge in [-0.25, -0.2) is 4.79 Å². The fourth-order valence-electron chi connectivity index (χ4n) is 1.91. The summed E-state index contributed by atoms with van der Waals surface area (Å²) in [6.07, 6.45) is 0. The molecule has 0 spiro atoms. The van der Waals surface area contributed by atoms with E-state index in [9.17, 15) is 19.5 Å². The van der Waals surface area contributed by atoms with Gasteiger partial charge in [0.05, 0.1) is 5.56 Å². The van der Waals surface area contributed by atoms with Gasteiger partial charge in [-0.3, -0.25) is 15.0 Å². The molecule has 0 aliphatic heterocycles. The standard InChI is InChI=1S/C14H10N2O4S/c1-7-3-2-4-8(5-7)10-6-9(14(19)20)11(21-10)15-16-12(17)13(16)18/h2-6,15H,1H3,(H,19,20). The number of carboxylic acid groups (broad SMARTS) is 1. The molecule has 0 fully saturated rings. The van der Waals surface area contributed by atoms with Gasteiger partial charge >= 0.3 is 17.1 Å². The van der Waals surface area contributed by atoms with Gasteiger partial charge < -0.3 is 5.11 Å². The molecule has 0 aliphatic rings. The Morgan fingerprint density at radius 1 is 1.24 bits per heavy atom. The first-order valence-corrected chi connectivity index (χ1v) is 6.88. The van der Waals surface area contributed by atoms with E-state index in [0.717, 1.165) is 20.7 Å². The van der Waals surface area contributed by atoms with Crippen LogP contribution in [0, 0.1) is 6.92 Å². The lowest BCUT2D eigenvalue weighted by Crippen LogP contribution is -2.09. The minimum absolute atomic E-state index is 0.0315. The number of hydrogen-bond donors (Lipinski definition) is 2. The fourth-order valence-corrected chi connectivity index (χ4v) is 2.95. The Hall–Kier alpha value is -2.67. The van der Waals surface area contributed by atoms with Crippen molar-refractivity contribution in [2.45, 2.75) is 6.92 Å². The van der Waals surface area contributed by atoms with Crippen molar-refractivity contribution in [1.29, 1.82) is 0 Å². The highest BCUT2D eigenvalue weighted by atomic mass is 32.1. The second-order valence-electron chi connectivity index (χ2n) is 4.59. The van der Waals surface area contributed by atoms with Gasteiger partial charge in [-0.2, -0.15) is 4.68 Å². The van der Waals surface area contributed by atoms with Crippen LogP contribution >= 0.6 is 11.3 Å². The number of rotatable bonds is 4. The van der Waals surface area contributed by atoms with Crippen LogP contribution in [0.2, 0.25) is 0 Å². The summed E-state index contributed by atoms with van der Waals surface area (Å²) in [4.78, 5) is 34.0. The molecular weight excluding hydrogens is 292 g/mol. The quantitative estimate of drug-likeness (QED) is 0.716. The Kier molecular flexibility index (Phi) is 2.99. The van der Waals surface area contributed by atoms with Gasteiger partial charge in [0.2, 0.25) is 0 Å². The molecule has 0 amide bonds. The third-order valence-corrected chi connectivity index (χ3v) is 4.11. The van der Waals surface area contributed by atoms with Crippen LogP contribution in [0.4, 0.5) is 5.00 Å². The van der Waals surface area contributed by atoms with Gasteiger partial charge in [-0.15, -0.1) is 11.3 Å². The van der Waals surface area contributed by atoms with Crippen LogP contribution in [-0.2, 0) is 0 Å². The van der Waals surface area contributed by atoms with Crippen LogP contribution in [-0.4, -0.2) is 15.8 Å². The molecule has 0 saturated carbocycles. The number of hydrogen-bond acceptors (Lipinski definition) is 5. The molecule has 21 heavy (non-hydrogen) atoms. The molecule has 0 atom stereocenters. The first-order chi connectivity index (χ1) is 9.97. The van der Waals surface area contributed by atoms with E-state index in [0.29, 0.717) is 0 Å². The first-order valence-electron chi connectivity index (χ1n) is 6.06. The maximum Gasteiger partial charge on any atom is 0.340 e. The molecule has 0 radical (unpaired) electrons. The summed E-state index contributed by atoms with van der Waals surface area (Å²) in [5.41, 5.74) is 3.18. The molecule has 2 aromatic heterocycles. The second kappa shape index (κ2) is 4.71. The summed E-state index contributed by atoms with van der Waals surface area (Å²) in [6, 6.07) is 9.18. The van der Waals surface area contributed by atoms with E-state index < -0.39 is 17.1 Å². The van der Waals surface area contributed by atoms with E-state index in [-0.39, 0.29) is 10.6 Å². The molecule has 1 aromatic carbocycles. The molecule has 2 heterocycles. The third kappa shape index (κ3) is 2.38. The van der Waals surface area contributed by atoms with Crippen molar-refractivity contribution in [2.24, 2.45) is 0 Å². The molecular formula is C14H10N2O4S. The van der Waals surface area contributed by atoms with E-state index in [4.69, 9.17) is 0 Å². The van der Waals surface area contributed by atoms with Crippen molar-refractivity contribution in [3.8, 4) is 10.4 Å². The normalized spacial score (nSPS) is 10.9. The monoisotopic (exact) mass is 302 g/mol. The van der Waals surface area contributed by atoms with Crippen molar-refractivity contribution >= 4 is 22.3 Å². The Morgan fingerprint density at radius 3 is 2.52 bits per heavy atom. The number of aryl methyl sites for hydroxylation is 1. The fraction of sp³-hybridized carbons (Fsp3) is 0.0714. The number of aromatic carboxylic acids is 1. The van der Waals surface area contributed by atoms with E-state index >= 15 is 0 Å². The van der Waals surface area contributed by atoms with Gasteiger partial charge in [0.1, 0.15) is 5.00 Å². The predicted molar refractivity (Wildman–Crippen MR) is 79.8 cm³/mol. The minimum Gasteiger partial charge on any atom is -0.478 e. The Balaban J connectivity index is 2.04. The number of nitrogens with one attached hydrogen (secondary N) is 1. The molecule has 0 unspecified atom stereocenters. The first kappa shape index (κ1) is 13.3. The zero-order chi connectivity index (χ0) is 15.1. The Morgan fingerprint density at radius 2 is 1.95 bits per heavy atom. The van der Waals surface area contributed by atoms with Crippen LogP contribution in [0.25, 0.3) is 10.4 Å². The predicted octanol–water partition coefficient (Wildman–Crippen LogP) is 1.69. The molecule has 0 aliphatic carbocycles. The van der Waals surface area contributed by atoms with Crippen molar-refractivity contribution < 1.29 is 9.90 Å². The summed E-state index contributed by atoms with van der Waals surface area (Å²) in [6.45, 7) is 1.95. The summed E-state index contributed by atoms with van der Waals surface area (Å²) in [5, 5.41) is 9.49. The number of aromatic nitrogens is 1. The highest BCUT2D eigenvalue weighted by Gasteiger charge is 2.22. The number of thiophene rings is 1. The van der Waals surface area contributed by atoms with E-state index in [1.807, 2.05) is 31.2 Å². The average Bonchev–Trinajstić information content (AvgIpc) is 2.88. The van der Waals surface area contributed by atoms with Crippen LogP contribution in [0.3, 0.4) is 0 Å². The average molecular weight is 302 g/mol. The van der Waals surface area contributed by atoms with E-state index in [1.54, 1.807) is 0 Å². The molecule has 7 heteroatoms. The molecule has 0 saturated heterocycles. The second-order valence-corrected chi connectivity index (χ2v) is 5.64. The highest BCUT2D eigenvalue weighted by Crippen LogP contribution is 2.35. The van der Waals surface area contributed by atoms with E-state index in [2.05, 4.69) is 5.43 Å². The van der Waals surface area contributed by atoms with Crippen molar-refractivity contribution in [2.75, 3.05) is 5.43 Å². The van der Waals surface area contributed by atoms with Crippen LogP contribution < -0.4 is 16.5 Å². The van der Waals surface area contributed by atoms with Crippen molar-refractivity contribution in [1.82, 2.24) is 4.68 Å². The van der Waals surface area contributed by atoms with Crippen molar-refractivity contribution in [3.63, 3.8) is 0 Å². The van der Waals surface area contributed by atoms with Gasteiger partial charge in [-0.1, -0.05) is 29.8 Å². The lowest BCUT2D eigenvalue weighted by atomic mass is 10.1. The SMILES string of the molecule is Cc1cccc(-c2cc(C(=O)O)c(Nn3c(=O)c3=O)s2)c1. The number of nitrogens with zero attached hydrogens (tertiary/aromatic N) is 1. The minimum atomic E-state index is -1.12. The summed E-state index contributed by atoms with van der Waals surface area (Å²) < 4.78 is 0.790. The third-order valence-electron chi connectivity index (χ3n) is 3.02. The molecule has 3 aromatic rings. The zero-order valence-electron chi connectivity index (χ0n) is 10.9. The molecule has 2 N–H and O–H groups in total. The summed E-state index contributed by atoms with van der Waals surface area (Å²) in [7, 11) is 0. The molecule has 0 bridgehead atoms. The topological polar surface area (TPSA) is 88.4 Å². The van der Waals surface area contributed by atoms with Crippen LogP contribution in [0.5, 0.6) is 0 Å². The van der Waals surface area contributed by atoms with E-state index in [1.165, 1.54) is 17.4 Å². The maximum atomic E-state index is 11.3. The summed E-state index contributed by atoms with van der Waals surface area (Å²) >= 11 is 1.18. The van der Waals surface area contributed by atoms with Crippen molar-refractivity contribution in [3.05, 3.63) is 62.2 Å². The molecule has 106 valence electrons. The largest absolute Gasteiger partial charge is 0.478 e. The number of anilines is 1. The smallest absolute Gasteiger partial charge is 0.340 e. The maximum absolute atomic E-state index is 11.3. The number of carboxylic acids is 1. The van der Waals surface area contributed by atoms with Gasteiger partial charge in [0.25, 0.3) is 0 Å². The van der Waals surface area contributed by atoms with Crippen LogP contribution in [0.1, 0.15) is 15.9 Å². The van der Waals surface area contributed by atoms with Gasteiger partial charge in [0.15, 0.2) is 0 Å².